The minimum Gasteiger partial charge on any atom is -0.389 e. The van der Waals surface area contributed by atoms with E-state index in [0.717, 1.165) is 31.2 Å². The molecule has 0 spiro atoms. The first-order chi connectivity index (χ1) is 12.7. The molecule has 1 N–H and O–H groups in total. The SMILES string of the molecule is O=C([C@H](Cc1ccccc1)n1cnnn1)N1CCC2(O)CCCCC2C1. The topological polar surface area (TPSA) is 84.1 Å². The molecule has 2 unspecified atom stereocenters. The molecule has 1 aromatic carbocycles. The molecular formula is C19H25N5O2. The van der Waals surface area contributed by atoms with Crippen molar-refractivity contribution in [1.82, 2.24) is 25.1 Å². The highest BCUT2D eigenvalue weighted by molar-refractivity contribution is 5.80. The minimum atomic E-state index is -0.585. The van der Waals surface area contributed by atoms with Gasteiger partial charge in [-0.3, -0.25) is 4.79 Å². The predicted octanol–water partition coefficient (Wildman–Crippen LogP) is 1.61. The molecule has 138 valence electrons. The van der Waals surface area contributed by atoms with E-state index >= 15 is 0 Å². The van der Waals surface area contributed by atoms with Crippen LogP contribution in [0.5, 0.6) is 0 Å². The Balaban J connectivity index is 1.53. The molecule has 2 aliphatic rings. The van der Waals surface area contributed by atoms with Crippen LogP contribution in [0, 0.1) is 5.92 Å². The molecule has 1 aliphatic heterocycles. The van der Waals surface area contributed by atoms with Gasteiger partial charge in [0.1, 0.15) is 12.4 Å². The number of carbonyl (C=O) groups excluding carboxylic acids is 1. The Kier molecular flexibility index (Phi) is 4.72. The number of nitrogens with zero attached hydrogens (tertiary/aromatic N) is 5. The van der Waals surface area contributed by atoms with Crippen molar-refractivity contribution >= 4 is 5.91 Å². The van der Waals surface area contributed by atoms with Gasteiger partial charge in [0.15, 0.2) is 0 Å². The molecule has 1 saturated carbocycles. The van der Waals surface area contributed by atoms with Gasteiger partial charge in [0, 0.05) is 25.4 Å². The molecule has 0 bridgehead atoms. The summed E-state index contributed by atoms with van der Waals surface area (Å²) in [6.07, 6.45) is 6.80. The number of tetrazole rings is 1. The molecular weight excluding hydrogens is 330 g/mol. The summed E-state index contributed by atoms with van der Waals surface area (Å²) in [5, 5.41) is 22.3. The second-order valence-electron chi connectivity index (χ2n) is 7.58. The van der Waals surface area contributed by atoms with E-state index in [1.54, 1.807) is 4.68 Å². The number of amides is 1. The summed E-state index contributed by atoms with van der Waals surface area (Å²) in [7, 11) is 0. The maximum absolute atomic E-state index is 13.3. The van der Waals surface area contributed by atoms with E-state index in [-0.39, 0.29) is 11.8 Å². The van der Waals surface area contributed by atoms with Crippen molar-refractivity contribution in [2.45, 2.75) is 50.2 Å². The summed E-state index contributed by atoms with van der Waals surface area (Å²) in [5.41, 5.74) is 0.492. The van der Waals surface area contributed by atoms with Crippen molar-refractivity contribution in [2.75, 3.05) is 13.1 Å². The van der Waals surface area contributed by atoms with Crippen LogP contribution in [0.25, 0.3) is 0 Å². The standard InChI is InChI=1S/C19H25N5O2/c25-18(23-11-10-19(26)9-5-4-8-16(19)13-23)17(24-14-20-21-22-24)12-15-6-2-1-3-7-15/h1-3,6-7,14,16-17,26H,4-5,8-13H2/t16?,17-,19?/m0/s1. The number of rotatable bonds is 4. The van der Waals surface area contributed by atoms with Gasteiger partial charge in [-0.1, -0.05) is 43.2 Å². The van der Waals surface area contributed by atoms with Gasteiger partial charge in [-0.05, 0) is 35.3 Å². The van der Waals surface area contributed by atoms with E-state index in [9.17, 15) is 9.90 Å². The molecule has 4 rings (SSSR count). The van der Waals surface area contributed by atoms with Crippen LogP contribution in [-0.2, 0) is 11.2 Å². The quantitative estimate of drug-likeness (QED) is 0.901. The maximum atomic E-state index is 13.3. The van der Waals surface area contributed by atoms with Gasteiger partial charge < -0.3 is 10.0 Å². The third kappa shape index (κ3) is 3.35. The Morgan fingerprint density at radius 1 is 1.27 bits per heavy atom. The van der Waals surface area contributed by atoms with Crippen LogP contribution in [0.15, 0.2) is 36.7 Å². The van der Waals surface area contributed by atoms with E-state index in [1.165, 1.54) is 6.33 Å². The highest BCUT2D eigenvalue weighted by Gasteiger charge is 2.44. The van der Waals surface area contributed by atoms with Crippen LogP contribution in [-0.4, -0.2) is 54.8 Å². The van der Waals surface area contributed by atoms with Gasteiger partial charge in [-0.25, -0.2) is 4.68 Å². The zero-order valence-corrected chi connectivity index (χ0v) is 14.9. The lowest BCUT2D eigenvalue weighted by Crippen LogP contribution is -2.55. The van der Waals surface area contributed by atoms with E-state index in [4.69, 9.17) is 0 Å². The van der Waals surface area contributed by atoms with Crippen LogP contribution >= 0.6 is 0 Å². The monoisotopic (exact) mass is 355 g/mol. The highest BCUT2D eigenvalue weighted by Crippen LogP contribution is 2.40. The smallest absolute Gasteiger partial charge is 0.247 e. The summed E-state index contributed by atoms with van der Waals surface area (Å²) < 4.78 is 1.55. The zero-order chi connectivity index (χ0) is 18.0. The molecule has 1 saturated heterocycles. The number of carbonyl (C=O) groups is 1. The number of fused-ring (bicyclic) bond motifs is 1. The molecule has 2 aromatic rings. The van der Waals surface area contributed by atoms with Gasteiger partial charge in [0.05, 0.1) is 5.60 Å². The highest BCUT2D eigenvalue weighted by atomic mass is 16.3. The average molecular weight is 355 g/mol. The first kappa shape index (κ1) is 17.1. The summed E-state index contributed by atoms with van der Waals surface area (Å²) in [4.78, 5) is 15.2. The van der Waals surface area contributed by atoms with Crippen molar-refractivity contribution in [2.24, 2.45) is 5.92 Å². The number of aromatic nitrogens is 4. The molecule has 1 aliphatic carbocycles. The molecule has 2 heterocycles. The largest absolute Gasteiger partial charge is 0.389 e. The van der Waals surface area contributed by atoms with Crippen LogP contribution in [0.3, 0.4) is 0 Å². The fourth-order valence-corrected chi connectivity index (χ4v) is 4.42. The number of likely N-dealkylation sites (tertiary alicyclic amines) is 1. The summed E-state index contributed by atoms with van der Waals surface area (Å²) in [6.45, 7) is 1.22. The third-order valence-electron chi connectivity index (χ3n) is 5.98. The van der Waals surface area contributed by atoms with Crippen molar-refractivity contribution in [3.63, 3.8) is 0 Å². The number of aliphatic hydroxyl groups is 1. The number of piperidine rings is 1. The van der Waals surface area contributed by atoms with Gasteiger partial charge in [0.25, 0.3) is 0 Å². The lowest BCUT2D eigenvalue weighted by molar-refractivity contribution is -0.147. The maximum Gasteiger partial charge on any atom is 0.247 e. The Labute approximate surface area is 153 Å². The summed E-state index contributed by atoms with van der Waals surface area (Å²) in [6, 6.07) is 9.48. The van der Waals surface area contributed by atoms with Crippen LogP contribution in [0.1, 0.15) is 43.7 Å². The molecule has 26 heavy (non-hydrogen) atoms. The fourth-order valence-electron chi connectivity index (χ4n) is 4.42. The number of hydrogen-bond acceptors (Lipinski definition) is 5. The van der Waals surface area contributed by atoms with E-state index in [1.807, 2.05) is 35.2 Å². The van der Waals surface area contributed by atoms with Crippen LogP contribution in [0.4, 0.5) is 0 Å². The van der Waals surface area contributed by atoms with E-state index < -0.39 is 11.6 Å². The average Bonchev–Trinajstić information content (AvgIpc) is 3.20. The number of hydrogen-bond donors (Lipinski definition) is 1. The van der Waals surface area contributed by atoms with Crippen molar-refractivity contribution < 1.29 is 9.90 Å². The lowest BCUT2D eigenvalue weighted by atomic mass is 9.71. The fraction of sp³-hybridized carbons (Fsp3) is 0.579. The minimum absolute atomic E-state index is 0.0359. The molecule has 1 amide bonds. The normalized spacial score (nSPS) is 27.0. The first-order valence-corrected chi connectivity index (χ1v) is 9.43. The Morgan fingerprint density at radius 2 is 2.12 bits per heavy atom. The molecule has 7 nitrogen and oxygen atoms in total. The Hall–Kier alpha value is -2.28. The molecule has 0 radical (unpaired) electrons. The first-order valence-electron chi connectivity index (χ1n) is 9.43. The van der Waals surface area contributed by atoms with Crippen molar-refractivity contribution in [1.29, 1.82) is 0 Å². The second-order valence-corrected chi connectivity index (χ2v) is 7.58. The Bertz CT molecular complexity index is 736. The van der Waals surface area contributed by atoms with Crippen LogP contribution in [0.2, 0.25) is 0 Å². The summed E-state index contributed by atoms with van der Waals surface area (Å²) in [5.74, 6) is 0.217. The molecule has 1 aromatic heterocycles. The molecule has 7 heteroatoms. The van der Waals surface area contributed by atoms with Gasteiger partial charge in [0.2, 0.25) is 5.91 Å². The van der Waals surface area contributed by atoms with Gasteiger partial charge in [-0.2, -0.15) is 0 Å². The zero-order valence-electron chi connectivity index (χ0n) is 14.9. The lowest BCUT2D eigenvalue weighted by Gasteiger charge is -2.47. The van der Waals surface area contributed by atoms with Gasteiger partial charge in [-0.15, -0.1) is 5.10 Å². The van der Waals surface area contributed by atoms with Crippen molar-refractivity contribution in [3.05, 3.63) is 42.2 Å². The van der Waals surface area contributed by atoms with Crippen molar-refractivity contribution in [3.8, 4) is 0 Å². The van der Waals surface area contributed by atoms with Gasteiger partial charge >= 0.3 is 0 Å². The molecule has 2 fully saturated rings. The van der Waals surface area contributed by atoms with E-state index in [2.05, 4.69) is 15.5 Å². The number of benzene rings is 1. The summed E-state index contributed by atoms with van der Waals surface area (Å²) >= 11 is 0. The molecule has 3 atom stereocenters. The second kappa shape index (κ2) is 7.15. The third-order valence-corrected chi connectivity index (χ3v) is 5.98. The Morgan fingerprint density at radius 3 is 2.88 bits per heavy atom. The van der Waals surface area contributed by atoms with Crippen LogP contribution < -0.4 is 0 Å². The predicted molar refractivity (Wildman–Crippen MR) is 95.1 cm³/mol. The van der Waals surface area contributed by atoms with E-state index in [0.29, 0.717) is 25.9 Å².